The monoisotopic (exact) mass is 486 g/mol. The lowest BCUT2D eigenvalue weighted by Gasteiger charge is -2.48. The zero-order valence-corrected chi connectivity index (χ0v) is 19.3. The molecule has 1 saturated heterocycles. The Morgan fingerprint density at radius 2 is 1.97 bits per heavy atom. The summed E-state index contributed by atoms with van der Waals surface area (Å²) in [6.07, 6.45) is 1.42. The molecule has 1 aromatic carbocycles. The van der Waals surface area contributed by atoms with Crippen LogP contribution in [0.3, 0.4) is 0 Å². The molecule has 9 nitrogen and oxygen atoms in total. The first-order valence-corrected chi connectivity index (χ1v) is 11.7. The third-order valence-corrected chi connectivity index (χ3v) is 8.02. The normalized spacial score (nSPS) is 32.5. The molecule has 0 amide bonds. The highest BCUT2D eigenvalue weighted by Crippen LogP contribution is 2.52. The molecule has 0 radical (unpaired) electrons. The molecule has 1 heterocycles. The molecule has 1 aromatic rings. The quantitative estimate of drug-likeness (QED) is 0.348. The Morgan fingerprint density at radius 1 is 1.26 bits per heavy atom. The van der Waals surface area contributed by atoms with Crippen molar-refractivity contribution in [1.82, 2.24) is 10.6 Å². The van der Waals surface area contributed by atoms with Gasteiger partial charge >= 0.3 is 0 Å². The third-order valence-electron chi connectivity index (χ3n) is 8.02. The molecule has 0 bridgehead atoms. The number of likely N-dealkylation sites (N-methyl/N-ethyl adjacent to an activating group) is 1. The summed E-state index contributed by atoms with van der Waals surface area (Å²) >= 11 is 0. The minimum Gasteiger partial charge on any atom is -0.510 e. The van der Waals surface area contributed by atoms with Crippen LogP contribution in [0.15, 0.2) is 28.7 Å². The van der Waals surface area contributed by atoms with Crippen LogP contribution in [0, 0.1) is 17.7 Å². The molecular weight excluding hydrogens is 459 g/mol. The highest BCUT2D eigenvalue weighted by molar-refractivity contribution is 6.25. The van der Waals surface area contributed by atoms with E-state index >= 15 is 4.39 Å². The summed E-state index contributed by atoms with van der Waals surface area (Å²) in [5.41, 5.74) is -3.59. The first-order valence-electron chi connectivity index (χ1n) is 11.7. The van der Waals surface area contributed by atoms with E-state index in [-0.39, 0.29) is 41.1 Å². The molecule has 1 aliphatic heterocycles. The van der Waals surface area contributed by atoms with Crippen LogP contribution in [-0.2, 0) is 16.0 Å². The second-order valence-electron chi connectivity index (χ2n) is 9.81. The lowest BCUT2D eigenvalue weighted by molar-refractivity contribution is -0.146. The fourth-order valence-corrected chi connectivity index (χ4v) is 6.38. The molecule has 35 heavy (non-hydrogen) atoms. The number of aliphatic hydroxyl groups excluding tert-OH is 2. The first-order chi connectivity index (χ1) is 16.5. The van der Waals surface area contributed by atoms with E-state index in [1.165, 1.54) is 13.1 Å². The smallest absolute Gasteiger partial charge is 0.209 e. The summed E-state index contributed by atoms with van der Waals surface area (Å²) in [7, 11) is 1.46. The maximum absolute atomic E-state index is 15.6. The van der Waals surface area contributed by atoms with Crippen LogP contribution in [0.25, 0.3) is 0 Å². The number of carbonyl (C=O) groups is 3. The van der Waals surface area contributed by atoms with Gasteiger partial charge in [0.1, 0.15) is 28.7 Å². The van der Waals surface area contributed by atoms with Crippen molar-refractivity contribution in [1.29, 1.82) is 0 Å². The molecule has 10 heteroatoms. The van der Waals surface area contributed by atoms with Crippen LogP contribution in [0.5, 0.6) is 5.75 Å². The number of benzene rings is 1. The number of aromatic hydroxyl groups is 1. The van der Waals surface area contributed by atoms with Gasteiger partial charge in [0.25, 0.3) is 0 Å². The van der Waals surface area contributed by atoms with E-state index in [1.807, 2.05) is 0 Å². The van der Waals surface area contributed by atoms with Gasteiger partial charge in [0.15, 0.2) is 17.2 Å². The zero-order chi connectivity index (χ0) is 25.4. The van der Waals surface area contributed by atoms with Crippen molar-refractivity contribution in [3.8, 4) is 5.75 Å². The molecular formula is C25H27FN2O7. The van der Waals surface area contributed by atoms with Crippen molar-refractivity contribution < 1.29 is 39.2 Å². The van der Waals surface area contributed by atoms with Crippen LogP contribution in [0.4, 0.5) is 4.39 Å². The number of hydrogen-bond donors (Lipinski definition) is 6. The van der Waals surface area contributed by atoms with Gasteiger partial charge in [-0.2, -0.15) is 0 Å². The van der Waals surface area contributed by atoms with Crippen molar-refractivity contribution in [2.75, 3.05) is 13.6 Å². The second-order valence-corrected chi connectivity index (χ2v) is 9.81. The molecule has 1 unspecified atom stereocenters. The van der Waals surface area contributed by atoms with Crippen LogP contribution >= 0.6 is 0 Å². The van der Waals surface area contributed by atoms with Crippen LogP contribution in [0.2, 0.25) is 0 Å². The van der Waals surface area contributed by atoms with Gasteiger partial charge < -0.3 is 31.1 Å². The van der Waals surface area contributed by atoms with Crippen LogP contribution in [0.1, 0.15) is 53.7 Å². The van der Waals surface area contributed by atoms with Gasteiger partial charge in [-0.05, 0) is 58.2 Å². The first kappa shape index (κ1) is 23.7. The highest BCUT2D eigenvalue weighted by Gasteiger charge is 2.62. The van der Waals surface area contributed by atoms with Crippen molar-refractivity contribution >= 4 is 17.3 Å². The van der Waals surface area contributed by atoms with Gasteiger partial charge in [-0.15, -0.1) is 0 Å². The average Bonchev–Trinajstić information content (AvgIpc) is 3.33. The molecule has 0 aromatic heterocycles. The Hall–Kier alpha value is -3.08. The largest absolute Gasteiger partial charge is 0.510 e. The Bertz CT molecular complexity index is 1250. The number of hydrogen-bond acceptors (Lipinski definition) is 9. The van der Waals surface area contributed by atoms with Crippen molar-refractivity contribution in [3.63, 3.8) is 0 Å². The summed E-state index contributed by atoms with van der Waals surface area (Å²) in [5.74, 6) is -7.28. The molecule has 5 rings (SSSR count). The number of phenols is 1. The van der Waals surface area contributed by atoms with E-state index in [2.05, 4.69) is 10.6 Å². The summed E-state index contributed by atoms with van der Waals surface area (Å²) in [4.78, 5) is 38.8. The standard InChI is InChI=1S/C25H27FN2O7/c1-9(29)16-22(32)20(27-2)13-7-10-6-12-18(21(31)17(10)24(34)25(13,35)23(16)33)15(30)8-11(19(12)26)14-4-3-5-28-14/h8,10,13-14,20,27-28,30,32,34-35H,3-7H2,1-2H3/t10-,13-,14?,20-,25+/m0/s1. The molecule has 1 fully saturated rings. The van der Waals surface area contributed by atoms with E-state index in [4.69, 9.17) is 0 Å². The molecule has 3 aliphatic carbocycles. The Morgan fingerprint density at radius 3 is 2.57 bits per heavy atom. The van der Waals surface area contributed by atoms with E-state index < -0.39 is 69.5 Å². The second kappa shape index (κ2) is 7.97. The SMILES string of the molecule is CN[C@@H]1C(O)=C(C(C)=O)C(=O)[C@@]2(O)C(O)=C3C(=O)c4c(O)cc(C5CCCN5)c(F)c4C[C@H]3C[C@@H]12. The summed E-state index contributed by atoms with van der Waals surface area (Å²) in [6.45, 7) is 1.76. The average molecular weight is 486 g/mol. The highest BCUT2D eigenvalue weighted by atomic mass is 19.1. The van der Waals surface area contributed by atoms with Gasteiger partial charge in [0.2, 0.25) is 5.78 Å². The number of fused-ring (bicyclic) bond motifs is 3. The molecule has 0 saturated carbocycles. The summed E-state index contributed by atoms with van der Waals surface area (Å²) in [5, 5.41) is 50.0. The fourth-order valence-electron chi connectivity index (χ4n) is 6.38. The number of halogens is 1. The Balaban J connectivity index is 1.68. The van der Waals surface area contributed by atoms with Crippen molar-refractivity contribution in [2.24, 2.45) is 11.8 Å². The molecule has 4 aliphatic rings. The van der Waals surface area contributed by atoms with Gasteiger partial charge in [0, 0.05) is 28.7 Å². The fraction of sp³-hybridized carbons (Fsp3) is 0.480. The Kier molecular flexibility index (Phi) is 5.39. The summed E-state index contributed by atoms with van der Waals surface area (Å²) < 4.78 is 15.6. The molecule has 186 valence electrons. The van der Waals surface area contributed by atoms with E-state index in [9.17, 15) is 34.8 Å². The van der Waals surface area contributed by atoms with Gasteiger partial charge in [0.05, 0.1) is 11.6 Å². The van der Waals surface area contributed by atoms with Gasteiger partial charge in [-0.3, -0.25) is 14.4 Å². The van der Waals surface area contributed by atoms with Crippen molar-refractivity contribution in [2.45, 2.75) is 50.3 Å². The van der Waals surface area contributed by atoms with Gasteiger partial charge in [-0.25, -0.2) is 4.39 Å². The zero-order valence-electron chi connectivity index (χ0n) is 19.3. The third kappa shape index (κ3) is 3.06. The minimum absolute atomic E-state index is 0.0259. The molecule has 5 atom stereocenters. The number of ketones is 3. The topological polar surface area (TPSA) is 156 Å². The summed E-state index contributed by atoms with van der Waals surface area (Å²) in [6, 6.07) is -0.144. The number of phenolic OH excluding ortho intramolecular Hbond substituents is 1. The van der Waals surface area contributed by atoms with Crippen LogP contribution < -0.4 is 10.6 Å². The van der Waals surface area contributed by atoms with E-state index in [0.717, 1.165) is 13.3 Å². The maximum atomic E-state index is 15.6. The Labute approximate surface area is 200 Å². The number of carbonyl (C=O) groups excluding carboxylic acids is 3. The van der Waals surface area contributed by atoms with Crippen molar-refractivity contribution in [3.05, 3.63) is 51.2 Å². The number of Topliss-reactive ketones (excluding diaryl/α,β-unsaturated/α-hetero) is 3. The number of aliphatic hydroxyl groups is 3. The molecule has 0 spiro atoms. The molecule has 6 N–H and O–H groups in total. The van der Waals surface area contributed by atoms with E-state index in [1.54, 1.807) is 0 Å². The minimum atomic E-state index is -2.64. The predicted molar refractivity (Wildman–Crippen MR) is 120 cm³/mol. The lowest BCUT2D eigenvalue weighted by atomic mass is 9.58. The van der Waals surface area contributed by atoms with Crippen LogP contribution in [-0.4, -0.2) is 63.0 Å². The van der Waals surface area contributed by atoms with E-state index in [0.29, 0.717) is 13.0 Å². The number of rotatable bonds is 3. The number of allylic oxidation sites excluding steroid dienone is 1. The number of nitrogens with one attached hydrogen (secondary N) is 2. The predicted octanol–water partition coefficient (Wildman–Crippen LogP) is 1.45. The van der Waals surface area contributed by atoms with Gasteiger partial charge in [-0.1, -0.05) is 0 Å². The maximum Gasteiger partial charge on any atom is 0.209 e. The lowest BCUT2D eigenvalue weighted by Crippen LogP contribution is -2.63.